The minimum atomic E-state index is -0.515. The third kappa shape index (κ3) is 3.37. The van der Waals surface area contributed by atoms with Crippen LogP contribution in [0.4, 0.5) is 5.13 Å². The molecule has 0 saturated carbocycles. The van der Waals surface area contributed by atoms with Gasteiger partial charge in [0.1, 0.15) is 5.01 Å². The van der Waals surface area contributed by atoms with Crippen molar-refractivity contribution in [3.8, 4) is 10.6 Å². The highest BCUT2D eigenvalue weighted by atomic mass is 32.1. The van der Waals surface area contributed by atoms with E-state index in [0.717, 1.165) is 17.0 Å². The molecule has 0 aromatic carbocycles. The minimum absolute atomic E-state index is 0.143. The van der Waals surface area contributed by atoms with Gasteiger partial charge in [-0.15, -0.1) is 10.2 Å². The van der Waals surface area contributed by atoms with Gasteiger partial charge in [0, 0.05) is 10.9 Å². The number of carbonyl (C=O) groups is 1. The molecule has 0 aliphatic heterocycles. The Bertz CT molecular complexity index is 538. The van der Waals surface area contributed by atoms with Crippen molar-refractivity contribution in [1.82, 2.24) is 10.2 Å². The van der Waals surface area contributed by atoms with Gasteiger partial charge in [0.2, 0.25) is 11.0 Å². The van der Waals surface area contributed by atoms with Crippen LogP contribution in [-0.4, -0.2) is 22.1 Å². The molecule has 7 heteroatoms. The quantitative estimate of drug-likeness (QED) is 0.888. The highest BCUT2D eigenvalue weighted by molar-refractivity contribution is 7.19. The molecule has 2 aromatic heterocycles. The van der Waals surface area contributed by atoms with E-state index in [2.05, 4.69) is 15.5 Å². The van der Waals surface area contributed by atoms with E-state index in [1.165, 1.54) is 11.3 Å². The van der Waals surface area contributed by atoms with Crippen molar-refractivity contribution in [2.45, 2.75) is 26.3 Å². The first-order valence-corrected chi connectivity index (χ1v) is 7.80. The molecule has 102 valence electrons. The fourth-order valence-corrected chi connectivity index (χ4v) is 2.94. The second-order valence-corrected chi connectivity index (χ2v) is 6.08. The molecule has 3 N–H and O–H groups in total. The van der Waals surface area contributed by atoms with E-state index in [9.17, 15) is 4.79 Å². The van der Waals surface area contributed by atoms with Gasteiger partial charge in [-0.1, -0.05) is 31.6 Å². The van der Waals surface area contributed by atoms with E-state index >= 15 is 0 Å². The summed E-state index contributed by atoms with van der Waals surface area (Å²) in [4.78, 5) is 11.9. The van der Waals surface area contributed by atoms with E-state index in [1.807, 2.05) is 30.7 Å². The average molecular weight is 296 g/mol. The number of thiophene rings is 1. The number of anilines is 1. The molecule has 0 bridgehead atoms. The monoisotopic (exact) mass is 296 g/mol. The van der Waals surface area contributed by atoms with Crippen LogP contribution in [0.2, 0.25) is 0 Å². The Labute approximate surface area is 119 Å². The Kier molecular flexibility index (Phi) is 4.62. The molecular formula is C12H16N4OS2. The van der Waals surface area contributed by atoms with Crippen LogP contribution in [0.5, 0.6) is 0 Å². The number of nitrogens with two attached hydrogens (primary N) is 1. The molecule has 2 atom stereocenters. The topological polar surface area (TPSA) is 80.9 Å². The van der Waals surface area contributed by atoms with Crippen molar-refractivity contribution in [1.29, 1.82) is 0 Å². The first kappa shape index (κ1) is 14.1. The van der Waals surface area contributed by atoms with Gasteiger partial charge in [-0.25, -0.2) is 0 Å². The van der Waals surface area contributed by atoms with Crippen molar-refractivity contribution in [3.05, 3.63) is 16.8 Å². The van der Waals surface area contributed by atoms with Crippen LogP contribution < -0.4 is 11.1 Å². The number of carbonyl (C=O) groups excluding carboxylic acids is 1. The number of nitrogens with one attached hydrogen (secondary N) is 1. The van der Waals surface area contributed by atoms with Crippen LogP contribution in [0.3, 0.4) is 0 Å². The second kappa shape index (κ2) is 6.23. The molecular weight excluding hydrogens is 280 g/mol. The molecule has 0 aliphatic carbocycles. The molecule has 2 rings (SSSR count). The zero-order chi connectivity index (χ0) is 13.8. The predicted octanol–water partition coefficient (Wildman–Crippen LogP) is 2.58. The summed E-state index contributed by atoms with van der Waals surface area (Å²) in [6.45, 7) is 3.97. The third-order valence-electron chi connectivity index (χ3n) is 2.98. The summed E-state index contributed by atoms with van der Waals surface area (Å²) in [5.74, 6) is -0.0633. The Hall–Kier alpha value is -1.31. The second-order valence-electron chi connectivity index (χ2n) is 4.32. The third-order valence-corrected chi connectivity index (χ3v) is 4.55. The van der Waals surface area contributed by atoms with Gasteiger partial charge in [-0.05, 0) is 17.4 Å². The molecule has 2 heterocycles. The number of hydrogen-bond acceptors (Lipinski definition) is 6. The smallest absolute Gasteiger partial charge is 0.243 e. The van der Waals surface area contributed by atoms with Crippen molar-refractivity contribution in [2.24, 2.45) is 11.7 Å². The molecule has 1 amide bonds. The van der Waals surface area contributed by atoms with Gasteiger partial charge in [-0.2, -0.15) is 11.3 Å². The van der Waals surface area contributed by atoms with Crippen molar-refractivity contribution < 1.29 is 4.79 Å². The van der Waals surface area contributed by atoms with E-state index in [4.69, 9.17) is 5.73 Å². The first-order chi connectivity index (χ1) is 9.11. The maximum absolute atomic E-state index is 11.9. The molecule has 0 spiro atoms. The largest absolute Gasteiger partial charge is 0.320 e. The lowest BCUT2D eigenvalue weighted by Crippen LogP contribution is -2.40. The molecule has 0 radical (unpaired) electrons. The van der Waals surface area contributed by atoms with Crippen LogP contribution in [0.1, 0.15) is 20.3 Å². The summed E-state index contributed by atoms with van der Waals surface area (Å²) < 4.78 is 0. The number of rotatable bonds is 5. The minimum Gasteiger partial charge on any atom is -0.320 e. The lowest BCUT2D eigenvalue weighted by atomic mass is 10.00. The van der Waals surface area contributed by atoms with Crippen molar-refractivity contribution in [2.75, 3.05) is 5.32 Å². The molecule has 0 aliphatic rings. The molecule has 2 unspecified atom stereocenters. The Morgan fingerprint density at radius 3 is 2.95 bits per heavy atom. The van der Waals surface area contributed by atoms with Crippen LogP contribution in [-0.2, 0) is 4.79 Å². The van der Waals surface area contributed by atoms with E-state index < -0.39 is 6.04 Å². The van der Waals surface area contributed by atoms with E-state index in [-0.39, 0.29) is 11.8 Å². The fourth-order valence-electron chi connectivity index (χ4n) is 1.48. The summed E-state index contributed by atoms with van der Waals surface area (Å²) >= 11 is 2.95. The summed E-state index contributed by atoms with van der Waals surface area (Å²) in [6.07, 6.45) is 0.866. The van der Waals surface area contributed by atoms with Crippen LogP contribution >= 0.6 is 22.7 Å². The molecule has 0 fully saturated rings. The van der Waals surface area contributed by atoms with Crippen LogP contribution in [0.25, 0.3) is 10.6 Å². The lowest BCUT2D eigenvalue weighted by Gasteiger charge is -2.16. The normalized spacial score (nSPS) is 14.1. The van der Waals surface area contributed by atoms with Gasteiger partial charge in [0.25, 0.3) is 0 Å². The highest BCUT2D eigenvalue weighted by Crippen LogP contribution is 2.27. The summed E-state index contributed by atoms with van der Waals surface area (Å²) in [5.41, 5.74) is 6.89. The standard InChI is InChI=1S/C12H16N4OS2/c1-3-7(2)9(13)10(17)14-12-16-15-11(19-12)8-4-5-18-6-8/h4-7,9H,3,13H2,1-2H3,(H,14,16,17). The lowest BCUT2D eigenvalue weighted by molar-refractivity contribution is -0.118. The van der Waals surface area contributed by atoms with Gasteiger partial charge >= 0.3 is 0 Å². The fraction of sp³-hybridized carbons (Fsp3) is 0.417. The predicted molar refractivity (Wildman–Crippen MR) is 79.3 cm³/mol. The summed E-state index contributed by atoms with van der Waals surface area (Å²) in [6, 6.07) is 1.46. The average Bonchev–Trinajstić information content (AvgIpc) is 3.06. The van der Waals surface area contributed by atoms with Crippen molar-refractivity contribution in [3.63, 3.8) is 0 Å². The Morgan fingerprint density at radius 2 is 2.32 bits per heavy atom. The number of amides is 1. The van der Waals surface area contributed by atoms with Gasteiger partial charge in [0.05, 0.1) is 6.04 Å². The highest BCUT2D eigenvalue weighted by Gasteiger charge is 2.20. The van der Waals surface area contributed by atoms with Gasteiger partial charge in [0.15, 0.2) is 0 Å². The number of nitrogens with zero attached hydrogens (tertiary/aromatic N) is 2. The maximum Gasteiger partial charge on any atom is 0.243 e. The number of hydrogen-bond donors (Lipinski definition) is 2. The van der Waals surface area contributed by atoms with E-state index in [0.29, 0.717) is 5.13 Å². The van der Waals surface area contributed by atoms with Crippen LogP contribution in [0.15, 0.2) is 16.8 Å². The van der Waals surface area contributed by atoms with Crippen LogP contribution in [0, 0.1) is 5.92 Å². The number of aromatic nitrogens is 2. The zero-order valence-corrected chi connectivity index (χ0v) is 12.4. The summed E-state index contributed by atoms with van der Waals surface area (Å²) in [5, 5.41) is 16.0. The first-order valence-electron chi connectivity index (χ1n) is 6.04. The van der Waals surface area contributed by atoms with Crippen molar-refractivity contribution >= 4 is 33.7 Å². The molecule has 19 heavy (non-hydrogen) atoms. The SMILES string of the molecule is CCC(C)C(N)C(=O)Nc1nnc(-c2ccsc2)s1. The zero-order valence-electron chi connectivity index (χ0n) is 10.8. The molecule has 2 aromatic rings. The van der Waals surface area contributed by atoms with Gasteiger partial charge < -0.3 is 5.73 Å². The van der Waals surface area contributed by atoms with E-state index in [1.54, 1.807) is 11.3 Å². The molecule has 0 saturated heterocycles. The van der Waals surface area contributed by atoms with Gasteiger partial charge in [-0.3, -0.25) is 10.1 Å². The Balaban J connectivity index is 2.02. The maximum atomic E-state index is 11.9. The Morgan fingerprint density at radius 1 is 1.53 bits per heavy atom. The molecule has 5 nitrogen and oxygen atoms in total. The summed E-state index contributed by atoms with van der Waals surface area (Å²) in [7, 11) is 0.